The van der Waals surface area contributed by atoms with E-state index in [0.29, 0.717) is 24.3 Å². The molecule has 1 aromatic heterocycles. The molecule has 3 nitrogen and oxygen atoms in total. The van der Waals surface area contributed by atoms with Crippen LogP contribution >= 0.6 is 11.3 Å². The summed E-state index contributed by atoms with van der Waals surface area (Å²) in [5.41, 5.74) is 1.06. The van der Waals surface area contributed by atoms with E-state index in [1.54, 1.807) is 11.3 Å². The minimum absolute atomic E-state index is 0.276. The number of nitrogens with one attached hydrogen (secondary N) is 1. The van der Waals surface area contributed by atoms with Crippen LogP contribution in [0.4, 0.5) is 0 Å². The SMILES string of the molecule is C[C@@H](CNC(=O)C1[C@H]2CCC[C@@H]12)c1nc2ccccc2s1. The van der Waals surface area contributed by atoms with Gasteiger partial charge in [0.15, 0.2) is 0 Å². The number of carbonyl (C=O) groups excluding carboxylic acids is 1. The van der Waals surface area contributed by atoms with Gasteiger partial charge in [-0.1, -0.05) is 25.5 Å². The predicted molar refractivity (Wildman–Crippen MR) is 85.4 cm³/mol. The van der Waals surface area contributed by atoms with E-state index in [2.05, 4.69) is 23.3 Å². The van der Waals surface area contributed by atoms with Gasteiger partial charge < -0.3 is 5.32 Å². The number of para-hydroxylation sites is 1. The molecule has 1 aromatic carbocycles. The van der Waals surface area contributed by atoms with Crippen LogP contribution in [0, 0.1) is 17.8 Å². The Labute approximate surface area is 128 Å². The lowest BCUT2D eigenvalue weighted by atomic mass is 10.1. The molecule has 110 valence electrons. The minimum atomic E-state index is 0.276. The first-order valence-electron chi connectivity index (χ1n) is 7.87. The zero-order chi connectivity index (χ0) is 14.4. The maximum absolute atomic E-state index is 12.2. The number of hydrogen-bond donors (Lipinski definition) is 1. The van der Waals surface area contributed by atoms with E-state index in [9.17, 15) is 4.79 Å². The van der Waals surface area contributed by atoms with Gasteiger partial charge in [0, 0.05) is 18.4 Å². The number of nitrogens with zero attached hydrogens (tertiary/aromatic N) is 1. The molecule has 4 heteroatoms. The standard InChI is InChI=1S/C17H20N2OS/c1-10(17-19-13-7-2-3-8-14(13)21-17)9-18-16(20)15-11-5-4-6-12(11)15/h2-3,7-8,10-12,15H,4-6,9H2,1H3,(H,18,20)/t10-,11-,12+,15?/m0/s1. The van der Waals surface area contributed by atoms with Crippen LogP contribution in [0.3, 0.4) is 0 Å². The zero-order valence-corrected chi connectivity index (χ0v) is 13.0. The van der Waals surface area contributed by atoms with Gasteiger partial charge in [0.2, 0.25) is 5.91 Å². The molecule has 2 saturated carbocycles. The van der Waals surface area contributed by atoms with Crippen molar-refractivity contribution in [1.29, 1.82) is 0 Å². The Hall–Kier alpha value is -1.42. The van der Waals surface area contributed by atoms with Crippen molar-refractivity contribution in [3.05, 3.63) is 29.3 Å². The first-order valence-corrected chi connectivity index (χ1v) is 8.69. The molecule has 1 amide bonds. The molecule has 2 fully saturated rings. The summed E-state index contributed by atoms with van der Waals surface area (Å²) in [6.45, 7) is 2.85. The molecule has 1 N–H and O–H groups in total. The first kappa shape index (κ1) is 13.3. The Bertz CT molecular complexity index is 637. The lowest BCUT2D eigenvalue weighted by Gasteiger charge is -2.10. The van der Waals surface area contributed by atoms with E-state index >= 15 is 0 Å². The summed E-state index contributed by atoms with van der Waals surface area (Å²) < 4.78 is 1.22. The van der Waals surface area contributed by atoms with E-state index < -0.39 is 0 Å². The highest BCUT2D eigenvalue weighted by Crippen LogP contribution is 2.57. The molecule has 0 spiro atoms. The summed E-state index contributed by atoms with van der Waals surface area (Å²) in [6, 6.07) is 8.21. The lowest BCUT2D eigenvalue weighted by Crippen LogP contribution is -2.30. The molecule has 0 aliphatic heterocycles. The van der Waals surface area contributed by atoms with Crippen molar-refractivity contribution in [3.63, 3.8) is 0 Å². The molecule has 0 bridgehead atoms. The first-order chi connectivity index (χ1) is 10.2. The van der Waals surface area contributed by atoms with Crippen molar-refractivity contribution in [2.45, 2.75) is 32.1 Å². The largest absolute Gasteiger partial charge is 0.355 e. The molecular weight excluding hydrogens is 280 g/mol. The van der Waals surface area contributed by atoms with Gasteiger partial charge in [0.25, 0.3) is 0 Å². The van der Waals surface area contributed by atoms with Crippen molar-refractivity contribution < 1.29 is 4.79 Å². The molecule has 2 aliphatic carbocycles. The molecule has 4 atom stereocenters. The fourth-order valence-electron chi connectivity index (χ4n) is 3.77. The van der Waals surface area contributed by atoms with Gasteiger partial charge in [-0.3, -0.25) is 4.79 Å². The van der Waals surface area contributed by atoms with Crippen LogP contribution in [0.2, 0.25) is 0 Å². The summed E-state index contributed by atoms with van der Waals surface area (Å²) in [4.78, 5) is 16.9. The molecule has 1 unspecified atom stereocenters. The highest BCUT2D eigenvalue weighted by atomic mass is 32.1. The minimum Gasteiger partial charge on any atom is -0.355 e. The quantitative estimate of drug-likeness (QED) is 0.938. The second-order valence-corrected chi connectivity index (χ2v) is 7.51. The Morgan fingerprint density at radius 1 is 1.38 bits per heavy atom. The number of amides is 1. The second kappa shape index (κ2) is 5.09. The lowest BCUT2D eigenvalue weighted by molar-refractivity contribution is -0.123. The van der Waals surface area contributed by atoms with Crippen LogP contribution in [0.15, 0.2) is 24.3 Å². The van der Waals surface area contributed by atoms with Gasteiger partial charge in [-0.25, -0.2) is 4.98 Å². The number of benzene rings is 1. The predicted octanol–water partition coefficient (Wildman–Crippen LogP) is 3.56. The van der Waals surface area contributed by atoms with E-state index in [-0.39, 0.29) is 11.8 Å². The maximum atomic E-state index is 12.2. The third-order valence-corrected chi connectivity index (χ3v) is 6.29. The average Bonchev–Trinajstić information content (AvgIpc) is 2.89. The third-order valence-electron chi connectivity index (χ3n) is 5.02. The highest BCUT2D eigenvalue weighted by molar-refractivity contribution is 7.18. The number of aromatic nitrogens is 1. The monoisotopic (exact) mass is 300 g/mol. The molecular formula is C17H20N2OS. The molecule has 2 aromatic rings. The van der Waals surface area contributed by atoms with Crippen molar-refractivity contribution in [1.82, 2.24) is 10.3 Å². The van der Waals surface area contributed by atoms with E-state index in [4.69, 9.17) is 0 Å². The van der Waals surface area contributed by atoms with Gasteiger partial charge in [0.05, 0.1) is 15.2 Å². The Morgan fingerprint density at radius 3 is 2.90 bits per heavy atom. The molecule has 0 saturated heterocycles. The molecule has 0 radical (unpaired) electrons. The van der Waals surface area contributed by atoms with E-state index in [1.165, 1.54) is 24.0 Å². The van der Waals surface area contributed by atoms with Gasteiger partial charge in [-0.15, -0.1) is 11.3 Å². The number of rotatable bonds is 4. The fourth-order valence-corrected chi connectivity index (χ4v) is 4.79. The van der Waals surface area contributed by atoms with Gasteiger partial charge in [0.1, 0.15) is 0 Å². The van der Waals surface area contributed by atoms with E-state index in [1.807, 2.05) is 18.2 Å². The number of carbonyl (C=O) groups is 1. The fraction of sp³-hybridized carbons (Fsp3) is 0.529. The van der Waals surface area contributed by atoms with Crippen molar-refractivity contribution in [3.8, 4) is 0 Å². The Morgan fingerprint density at radius 2 is 2.14 bits per heavy atom. The van der Waals surface area contributed by atoms with Crippen LogP contribution in [0.25, 0.3) is 10.2 Å². The summed E-state index contributed by atoms with van der Waals surface area (Å²) in [5.74, 6) is 2.27. The van der Waals surface area contributed by atoms with Gasteiger partial charge in [-0.05, 0) is 36.8 Å². The van der Waals surface area contributed by atoms with Crippen LogP contribution in [0.1, 0.15) is 37.1 Å². The third kappa shape index (κ3) is 2.35. The summed E-state index contributed by atoms with van der Waals surface area (Å²) in [5, 5.41) is 4.26. The summed E-state index contributed by atoms with van der Waals surface area (Å²) in [7, 11) is 0. The number of fused-ring (bicyclic) bond motifs is 2. The molecule has 1 heterocycles. The van der Waals surface area contributed by atoms with Gasteiger partial charge in [-0.2, -0.15) is 0 Å². The topological polar surface area (TPSA) is 42.0 Å². The van der Waals surface area contributed by atoms with Crippen LogP contribution in [-0.2, 0) is 4.79 Å². The van der Waals surface area contributed by atoms with Gasteiger partial charge >= 0.3 is 0 Å². The van der Waals surface area contributed by atoms with Crippen molar-refractivity contribution in [2.24, 2.45) is 17.8 Å². The molecule has 4 rings (SSSR count). The summed E-state index contributed by atoms with van der Waals surface area (Å²) >= 11 is 1.74. The Kier molecular flexibility index (Phi) is 3.21. The highest BCUT2D eigenvalue weighted by Gasteiger charge is 2.56. The Balaban J connectivity index is 1.37. The summed E-state index contributed by atoms with van der Waals surface area (Å²) in [6.07, 6.45) is 3.84. The molecule has 21 heavy (non-hydrogen) atoms. The number of hydrogen-bond acceptors (Lipinski definition) is 3. The van der Waals surface area contributed by atoms with E-state index in [0.717, 1.165) is 10.5 Å². The van der Waals surface area contributed by atoms with Crippen molar-refractivity contribution in [2.75, 3.05) is 6.54 Å². The van der Waals surface area contributed by atoms with Crippen LogP contribution < -0.4 is 5.32 Å². The molecule has 2 aliphatic rings. The normalized spacial score (nSPS) is 28.3. The zero-order valence-electron chi connectivity index (χ0n) is 12.2. The van der Waals surface area contributed by atoms with Crippen molar-refractivity contribution >= 4 is 27.5 Å². The maximum Gasteiger partial charge on any atom is 0.223 e. The van der Waals surface area contributed by atoms with Crippen LogP contribution in [-0.4, -0.2) is 17.4 Å². The smallest absolute Gasteiger partial charge is 0.223 e. The average molecular weight is 300 g/mol. The van der Waals surface area contributed by atoms with Crippen LogP contribution in [0.5, 0.6) is 0 Å². The number of thiazole rings is 1. The second-order valence-electron chi connectivity index (χ2n) is 6.45.